The molecule has 1 fully saturated rings. The molecule has 1 aromatic carbocycles. The van der Waals surface area contributed by atoms with Crippen molar-refractivity contribution in [2.75, 3.05) is 13.1 Å². The van der Waals surface area contributed by atoms with Gasteiger partial charge in [0.05, 0.1) is 9.85 Å². The summed E-state index contributed by atoms with van der Waals surface area (Å²) in [6.07, 6.45) is 5.30. The molecule has 1 aliphatic heterocycles. The van der Waals surface area contributed by atoms with E-state index in [9.17, 15) is 20.2 Å². The standard InChI is InChI=1S/C12H13N3O4/c16-14(17)11-4-3-5-12(15(18)19)10(11)6-9-13-7-1-2-8-13/h3-6,9H,1-2,7-8H2/b9-6+. The molecule has 0 aliphatic carbocycles. The second-order valence-electron chi connectivity index (χ2n) is 4.28. The van der Waals surface area contributed by atoms with Gasteiger partial charge in [-0.15, -0.1) is 0 Å². The first-order valence-corrected chi connectivity index (χ1v) is 5.93. The number of nitro benzene ring substituents is 2. The summed E-state index contributed by atoms with van der Waals surface area (Å²) in [5.74, 6) is 0. The van der Waals surface area contributed by atoms with Gasteiger partial charge in [0.15, 0.2) is 0 Å². The van der Waals surface area contributed by atoms with Gasteiger partial charge in [0.2, 0.25) is 0 Å². The van der Waals surface area contributed by atoms with Crippen LogP contribution in [0.5, 0.6) is 0 Å². The Labute approximate surface area is 109 Å². The van der Waals surface area contributed by atoms with Gasteiger partial charge in [0.1, 0.15) is 5.56 Å². The highest BCUT2D eigenvalue weighted by Crippen LogP contribution is 2.29. The number of likely N-dealkylation sites (tertiary alicyclic amines) is 1. The largest absolute Gasteiger partial charge is 0.377 e. The molecular weight excluding hydrogens is 250 g/mol. The average molecular weight is 263 g/mol. The molecule has 1 aliphatic rings. The Morgan fingerprint density at radius 1 is 1.05 bits per heavy atom. The van der Waals surface area contributed by atoms with Gasteiger partial charge in [-0.05, 0) is 25.0 Å². The Bertz CT molecular complexity index is 504. The number of benzene rings is 1. The van der Waals surface area contributed by atoms with E-state index in [0.717, 1.165) is 25.9 Å². The van der Waals surface area contributed by atoms with Gasteiger partial charge in [-0.25, -0.2) is 0 Å². The first-order chi connectivity index (χ1) is 9.09. The van der Waals surface area contributed by atoms with Crippen LogP contribution in [0.1, 0.15) is 18.4 Å². The lowest BCUT2D eigenvalue weighted by Crippen LogP contribution is -2.10. The van der Waals surface area contributed by atoms with Crippen LogP contribution in [-0.2, 0) is 0 Å². The van der Waals surface area contributed by atoms with Crippen LogP contribution in [0.3, 0.4) is 0 Å². The van der Waals surface area contributed by atoms with Gasteiger partial charge >= 0.3 is 0 Å². The van der Waals surface area contributed by atoms with Gasteiger partial charge in [-0.1, -0.05) is 0 Å². The van der Waals surface area contributed by atoms with Gasteiger partial charge in [-0.3, -0.25) is 20.2 Å². The molecule has 0 bridgehead atoms. The molecule has 1 heterocycles. The van der Waals surface area contributed by atoms with Gasteiger partial charge in [0.25, 0.3) is 11.4 Å². The van der Waals surface area contributed by atoms with Crippen molar-refractivity contribution in [3.05, 3.63) is 50.2 Å². The Balaban J connectivity index is 2.39. The third-order valence-electron chi connectivity index (χ3n) is 3.05. The fraction of sp³-hybridized carbons (Fsp3) is 0.333. The van der Waals surface area contributed by atoms with Crippen LogP contribution in [-0.4, -0.2) is 27.8 Å². The lowest BCUT2D eigenvalue weighted by Gasteiger charge is -2.10. The molecule has 0 N–H and O–H groups in total. The van der Waals surface area contributed by atoms with Gasteiger partial charge in [0, 0.05) is 31.4 Å². The monoisotopic (exact) mass is 263 g/mol. The molecule has 100 valence electrons. The molecule has 19 heavy (non-hydrogen) atoms. The topological polar surface area (TPSA) is 89.5 Å². The predicted molar refractivity (Wildman–Crippen MR) is 69.6 cm³/mol. The summed E-state index contributed by atoms with van der Waals surface area (Å²) in [7, 11) is 0. The normalized spacial score (nSPS) is 15.1. The summed E-state index contributed by atoms with van der Waals surface area (Å²) >= 11 is 0. The number of rotatable bonds is 4. The molecule has 2 rings (SSSR count). The van der Waals surface area contributed by atoms with Crippen molar-refractivity contribution < 1.29 is 9.85 Å². The highest BCUT2D eigenvalue weighted by Gasteiger charge is 2.22. The first-order valence-electron chi connectivity index (χ1n) is 5.93. The molecule has 0 saturated carbocycles. The Morgan fingerprint density at radius 2 is 1.58 bits per heavy atom. The molecular formula is C12H13N3O4. The fourth-order valence-corrected chi connectivity index (χ4v) is 2.10. The minimum Gasteiger partial charge on any atom is -0.377 e. The van der Waals surface area contributed by atoms with Gasteiger partial charge < -0.3 is 4.90 Å². The van der Waals surface area contributed by atoms with E-state index >= 15 is 0 Å². The van der Waals surface area contributed by atoms with Gasteiger partial charge in [-0.2, -0.15) is 0 Å². The zero-order valence-corrected chi connectivity index (χ0v) is 10.2. The maximum atomic E-state index is 10.9. The molecule has 1 aromatic rings. The van der Waals surface area contributed by atoms with E-state index in [2.05, 4.69) is 0 Å². The van der Waals surface area contributed by atoms with Crippen LogP contribution in [0.2, 0.25) is 0 Å². The van der Waals surface area contributed by atoms with E-state index in [1.807, 2.05) is 4.90 Å². The van der Waals surface area contributed by atoms with Crippen molar-refractivity contribution >= 4 is 17.5 Å². The van der Waals surface area contributed by atoms with Crippen LogP contribution in [0.4, 0.5) is 11.4 Å². The summed E-state index contributed by atoms with van der Waals surface area (Å²) in [5.41, 5.74) is -0.446. The van der Waals surface area contributed by atoms with E-state index < -0.39 is 9.85 Å². The van der Waals surface area contributed by atoms with E-state index in [1.165, 1.54) is 24.3 Å². The SMILES string of the molecule is O=[N+]([O-])c1cccc([N+](=O)[O-])c1/C=C/N1CCCC1. The number of hydrogen-bond donors (Lipinski definition) is 0. The molecule has 0 aromatic heterocycles. The Hall–Kier alpha value is -2.44. The maximum absolute atomic E-state index is 10.9. The lowest BCUT2D eigenvalue weighted by atomic mass is 10.1. The molecule has 0 radical (unpaired) electrons. The number of nitro groups is 2. The first kappa shape index (κ1) is 13.0. The maximum Gasteiger partial charge on any atom is 0.283 e. The van der Waals surface area contributed by atoms with E-state index in [-0.39, 0.29) is 16.9 Å². The van der Waals surface area contributed by atoms with Crippen LogP contribution < -0.4 is 0 Å². The van der Waals surface area contributed by atoms with Crippen molar-refractivity contribution in [1.29, 1.82) is 0 Å². The zero-order chi connectivity index (χ0) is 13.8. The number of hydrogen-bond acceptors (Lipinski definition) is 5. The molecule has 7 heteroatoms. The van der Waals surface area contributed by atoms with E-state index in [0.29, 0.717) is 0 Å². The third-order valence-corrected chi connectivity index (χ3v) is 3.05. The van der Waals surface area contributed by atoms with Crippen LogP contribution in [0.25, 0.3) is 6.08 Å². The molecule has 0 amide bonds. The molecule has 1 saturated heterocycles. The van der Waals surface area contributed by atoms with E-state index in [4.69, 9.17) is 0 Å². The smallest absolute Gasteiger partial charge is 0.283 e. The summed E-state index contributed by atoms with van der Waals surface area (Å²) in [5, 5.41) is 21.9. The van der Waals surface area contributed by atoms with Crippen molar-refractivity contribution in [2.24, 2.45) is 0 Å². The zero-order valence-electron chi connectivity index (χ0n) is 10.2. The minimum absolute atomic E-state index is 0.0457. The lowest BCUT2D eigenvalue weighted by molar-refractivity contribution is -0.394. The van der Waals surface area contributed by atoms with Crippen LogP contribution in [0, 0.1) is 20.2 Å². The van der Waals surface area contributed by atoms with Crippen molar-refractivity contribution in [1.82, 2.24) is 4.90 Å². The molecule has 0 unspecified atom stereocenters. The Kier molecular flexibility index (Phi) is 3.74. The van der Waals surface area contributed by atoms with Crippen molar-refractivity contribution in [2.45, 2.75) is 12.8 Å². The summed E-state index contributed by atoms with van der Waals surface area (Å²) in [4.78, 5) is 22.7. The molecule has 7 nitrogen and oxygen atoms in total. The summed E-state index contributed by atoms with van der Waals surface area (Å²) in [6.45, 7) is 1.76. The average Bonchev–Trinajstić information content (AvgIpc) is 2.88. The second-order valence-corrected chi connectivity index (χ2v) is 4.28. The van der Waals surface area contributed by atoms with E-state index in [1.54, 1.807) is 6.20 Å². The minimum atomic E-state index is -0.601. The highest BCUT2D eigenvalue weighted by atomic mass is 16.6. The van der Waals surface area contributed by atoms with Crippen LogP contribution >= 0.6 is 0 Å². The summed E-state index contributed by atoms with van der Waals surface area (Å²) < 4.78 is 0. The number of nitrogens with zero attached hydrogens (tertiary/aromatic N) is 3. The Morgan fingerprint density at radius 3 is 2.05 bits per heavy atom. The van der Waals surface area contributed by atoms with Crippen LogP contribution in [0.15, 0.2) is 24.4 Å². The molecule has 0 atom stereocenters. The third kappa shape index (κ3) is 2.87. The predicted octanol–water partition coefficient (Wildman–Crippen LogP) is 2.57. The molecule has 0 spiro atoms. The quantitative estimate of drug-likeness (QED) is 0.615. The second kappa shape index (κ2) is 5.47. The van der Waals surface area contributed by atoms with Crippen molar-refractivity contribution in [3.8, 4) is 0 Å². The fourth-order valence-electron chi connectivity index (χ4n) is 2.10. The summed E-state index contributed by atoms with van der Waals surface area (Å²) in [6, 6.07) is 3.87. The van der Waals surface area contributed by atoms with Crippen molar-refractivity contribution in [3.63, 3.8) is 0 Å². The highest BCUT2D eigenvalue weighted by molar-refractivity contribution is 5.70.